The number of nitrogens with zero attached hydrogens (tertiary/aromatic N) is 2. The molecule has 0 saturated heterocycles. The second kappa shape index (κ2) is 13.3. The summed E-state index contributed by atoms with van der Waals surface area (Å²) in [5.74, 6) is 1.30. The summed E-state index contributed by atoms with van der Waals surface area (Å²) in [6.45, 7) is 11.3. The third-order valence-corrected chi connectivity index (χ3v) is 5.74. The Kier molecular flexibility index (Phi) is 10.8. The summed E-state index contributed by atoms with van der Waals surface area (Å²) in [4.78, 5) is 12.5. The molecule has 1 aromatic carbocycles. The van der Waals surface area contributed by atoms with E-state index >= 15 is 0 Å². The van der Waals surface area contributed by atoms with E-state index < -0.39 is 0 Å². The molecule has 0 radical (unpaired) electrons. The summed E-state index contributed by atoms with van der Waals surface area (Å²) in [6.07, 6.45) is 10.9. The molecular formula is C27H44N4O2. The van der Waals surface area contributed by atoms with Crippen LogP contribution >= 0.6 is 0 Å². The molecule has 0 aliphatic heterocycles. The standard InChI is InChI=1S/C27H44N4O2/c1-6-8-10-11-12-13-14-15-26(32)29-21-16-17-23(33-18-9-7-2)22(19-21)31-25(28)20-24(30-31)27(3,4)5/h16-17,19-20H,6-15,18,28H2,1-5H3,(H,29,32). The number of rotatable bonds is 14. The van der Waals surface area contributed by atoms with Gasteiger partial charge >= 0.3 is 0 Å². The van der Waals surface area contributed by atoms with Gasteiger partial charge in [-0.3, -0.25) is 4.79 Å². The van der Waals surface area contributed by atoms with Crippen molar-refractivity contribution in [1.29, 1.82) is 0 Å². The number of unbranched alkanes of at least 4 members (excludes halogenated alkanes) is 7. The fourth-order valence-corrected chi connectivity index (χ4v) is 3.63. The van der Waals surface area contributed by atoms with Crippen molar-refractivity contribution >= 4 is 17.4 Å². The molecule has 1 aromatic heterocycles. The number of amides is 1. The maximum Gasteiger partial charge on any atom is 0.224 e. The van der Waals surface area contributed by atoms with Crippen molar-refractivity contribution in [2.24, 2.45) is 0 Å². The number of hydrogen-bond donors (Lipinski definition) is 2. The van der Waals surface area contributed by atoms with Gasteiger partial charge in [0, 0.05) is 23.6 Å². The first-order valence-corrected chi connectivity index (χ1v) is 12.7. The minimum Gasteiger partial charge on any atom is -0.491 e. The third-order valence-electron chi connectivity index (χ3n) is 5.74. The van der Waals surface area contributed by atoms with E-state index in [4.69, 9.17) is 15.6 Å². The highest BCUT2D eigenvalue weighted by Gasteiger charge is 2.21. The van der Waals surface area contributed by atoms with Gasteiger partial charge in [0.25, 0.3) is 0 Å². The van der Waals surface area contributed by atoms with Crippen molar-refractivity contribution in [3.05, 3.63) is 30.0 Å². The lowest BCUT2D eigenvalue weighted by atomic mass is 9.92. The van der Waals surface area contributed by atoms with Gasteiger partial charge in [0.15, 0.2) is 0 Å². The molecule has 33 heavy (non-hydrogen) atoms. The van der Waals surface area contributed by atoms with E-state index in [0.717, 1.165) is 42.8 Å². The quantitative estimate of drug-likeness (QED) is 0.300. The highest BCUT2D eigenvalue weighted by molar-refractivity contribution is 5.91. The van der Waals surface area contributed by atoms with Crippen LogP contribution in [0.1, 0.15) is 105 Å². The lowest BCUT2D eigenvalue weighted by Gasteiger charge is -2.16. The van der Waals surface area contributed by atoms with Crippen molar-refractivity contribution in [1.82, 2.24) is 9.78 Å². The number of hydrogen-bond acceptors (Lipinski definition) is 4. The smallest absolute Gasteiger partial charge is 0.224 e. The van der Waals surface area contributed by atoms with Gasteiger partial charge in [-0.2, -0.15) is 5.10 Å². The topological polar surface area (TPSA) is 82.2 Å². The van der Waals surface area contributed by atoms with Crippen LogP contribution in [0.2, 0.25) is 0 Å². The molecule has 0 saturated carbocycles. The Morgan fingerprint density at radius 2 is 1.67 bits per heavy atom. The summed E-state index contributed by atoms with van der Waals surface area (Å²) in [7, 11) is 0. The molecule has 6 nitrogen and oxygen atoms in total. The van der Waals surface area contributed by atoms with E-state index in [2.05, 4.69) is 39.9 Å². The van der Waals surface area contributed by atoms with Gasteiger partial charge < -0.3 is 15.8 Å². The predicted molar refractivity (Wildman–Crippen MR) is 138 cm³/mol. The van der Waals surface area contributed by atoms with Crippen LogP contribution in [0.4, 0.5) is 11.5 Å². The van der Waals surface area contributed by atoms with E-state index in [9.17, 15) is 4.79 Å². The Bertz CT molecular complexity index is 867. The minimum absolute atomic E-state index is 0.0398. The summed E-state index contributed by atoms with van der Waals surface area (Å²) >= 11 is 0. The van der Waals surface area contributed by atoms with E-state index in [1.54, 1.807) is 4.68 Å². The SMILES string of the molecule is CCCCCCCCCC(=O)Nc1ccc(OCCCC)c(-n2nc(C(C)(C)C)cc2N)c1. The zero-order valence-electron chi connectivity index (χ0n) is 21.4. The average Bonchev–Trinajstić information content (AvgIpc) is 3.16. The van der Waals surface area contributed by atoms with Gasteiger partial charge in [0.1, 0.15) is 17.3 Å². The zero-order chi connectivity index (χ0) is 24.3. The average molecular weight is 457 g/mol. The van der Waals surface area contributed by atoms with Gasteiger partial charge in [-0.15, -0.1) is 0 Å². The number of aromatic nitrogens is 2. The first kappa shape index (κ1) is 26.7. The lowest BCUT2D eigenvalue weighted by molar-refractivity contribution is -0.116. The summed E-state index contributed by atoms with van der Waals surface area (Å²) in [5.41, 5.74) is 8.59. The molecule has 184 valence electrons. The Morgan fingerprint density at radius 1 is 1.00 bits per heavy atom. The Labute approximate surface area is 200 Å². The number of nitrogens with two attached hydrogens (primary N) is 1. The number of benzene rings is 1. The van der Waals surface area contributed by atoms with Crippen LogP contribution in [0.3, 0.4) is 0 Å². The summed E-state index contributed by atoms with van der Waals surface area (Å²) in [5, 5.41) is 7.79. The molecule has 0 fully saturated rings. The van der Waals surface area contributed by atoms with Gasteiger partial charge in [0.05, 0.1) is 12.3 Å². The van der Waals surface area contributed by atoms with Crippen LogP contribution in [0.15, 0.2) is 24.3 Å². The van der Waals surface area contributed by atoms with E-state index in [0.29, 0.717) is 24.6 Å². The minimum atomic E-state index is -0.120. The van der Waals surface area contributed by atoms with Gasteiger partial charge in [-0.1, -0.05) is 79.6 Å². The van der Waals surface area contributed by atoms with E-state index in [-0.39, 0.29) is 11.3 Å². The Morgan fingerprint density at radius 3 is 2.30 bits per heavy atom. The Hall–Kier alpha value is -2.50. The predicted octanol–water partition coefficient (Wildman–Crippen LogP) is 7.01. The van der Waals surface area contributed by atoms with Gasteiger partial charge in [-0.05, 0) is 31.0 Å². The second-order valence-electron chi connectivity index (χ2n) is 9.92. The van der Waals surface area contributed by atoms with Crippen molar-refractivity contribution < 1.29 is 9.53 Å². The van der Waals surface area contributed by atoms with Gasteiger partial charge in [-0.25, -0.2) is 4.68 Å². The zero-order valence-corrected chi connectivity index (χ0v) is 21.4. The molecule has 0 spiro atoms. The molecule has 0 atom stereocenters. The summed E-state index contributed by atoms with van der Waals surface area (Å²) < 4.78 is 7.75. The first-order valence-electron chi connectivity index (χ1n) is 12.7. The van der Waals surface area contributed by atoms with Crippen molar-refractivity contribution in [3.8, 4) is 11.4 Å². The van der Waals surface area contributed by atoms with Crippen LogP contribution in [0.5, 0.6) is 5.75 Å². The maximum absolute atomic E-state index is 12.5. The number of carbonyl (C=O) groups is 1. The molecule has 0 bridgehead atoms. The van der Waals surface area contributed by atoms with Gasteiger partial charge in [0.2, 0.25) is 5.91 Å². The molecule has 6 heteroatoms. The van der Waals surface area contributed by atoms with Crippen LogP contribution in [-0.4, -0.2) is 22.3 Å². The number of nitrogens with one attached hydrogen (secondary N) is 1. The number of nitrogen functional groups attached to an aromatic ring is 1. The molecule has 1 amide bonds. The van der Waals surface area contributed by atoms with Crippen LogP contribution in [0, 0.1) is 0 Å². The number of carbonyl (C=O) groups excluding carboxylic acids is 1. The molecule has 0 unspecified atom stereocenters. The third kappa shape index (κ3) is 8.75. The molecular weight excluding hydrogens is 412 g/mol. The van der Waals surface area contributed by atoms with Crippen LogP contribution in [-0.2, 0) is 10.2 Å². The van der Waals surface area contributed by atoms with Crippen molar-refractivity contribution in [3.63, 3.8) is 0 Å². The van der Waals surface area contributed by atoms with Crippen LogP contribution in [0.25, 0.3) is 5.69 Å². The molecule has 0 aliphatic rings. The Balaban J connectivity index is 2.10. The normalized spacial score (nSPS) is 11.5. The largest absolute Gasteiger partial charge is 0.491 e. The van der Waals surface area contributed by atoms with Crippen LogP contribution < -0.4 is 15.8 Å². The van der Waals surface area contributed by atoms with E-state index in [1.807, 2.05) is 24.3 Å². The summed E-state index contributed by atoms with van der Waals surface area (Å²) in [6, 6.07) is 7.59. The highest BCUT2D eigenvalue weighted by Crippen LogP contribution is 2.31. The fraction of sp³-hybridized carbons (Fsp3) is 0.630. The molecule has 2 rings (SSSR count). The fourth-order valence-electron chi connectivity index (χ4n) is 3.63. The van der Waals surface area contributed by atoms with Crippen molar-refractivity contribution in [2.45, 2.75) is 104 Å². The number of anilines is 2. The maximum atomic E-state index is 12.5. The molecule has 1 heterocycles. The molecule has 0 aliphatic carbocycles. The second-order valence-corrected chi connectivity index (χ2v) is 9.92. The lowest BCUT2D eigenvalue weighted by Crippen LogP contribution is -2.14. The highest BCUT2D eigenvalue weighted by atomic mass is 16.5. The molecule has 2 aromatic rings. The van der Waals surface area contributed by atoms with E-state index in [1.165, 1.54) is 32.1 Å². The first-order chi connectivity index (χ1) is 15.8. The van der Waals surface area contributed by atoms with Crippen molar-refractivity contribution in [2.75, 3.05) is 17.7 Å². The molecule has 3 N–H and O–H groups in total. The number of ether oxygens (including phenoxy) is 1. The monoisotopic (exact) mass is 456 g/mol.